The summed E-state index contributed by atoms with van der Waals surface area (Å²) in [7, 11) is 2.12. The maximum atomic E-state index is 14.6. The summed E-state index contributed by atoms with van der Waals surface area (Å²) in [4.78, 5) is 22.7. The third-order valence-electron chi connectivity index (χ3n) is 7.30. The van der Waals surface area contributed by atoms with E-state index in [4.69, 9.17) is 0 Å². The van der Waals surface area contributed by atoms with E-state index in [1.54, 1.807) is 24.5 Å². The molecule has 204 valence electrons. The van der Waals surface area contributed by atoms with E-state index in [2.05, 4.69) is 52.9 Å². The predicted octanol–water partition coefficient (Wildman–Crippen LogP) is 4.41. The zero-order chi connectivity index (χ0) is 27.6. The Morgan fingerprint density at radius 1 is 1.07 bits per heavy atom. The molecule has 4 N–H and O–H groups in total. The molecule has 0 bridgehead atoms. The average molecular weight is 540 g/mol. The van der Waals surface area contributed by atoms with E-state index in [9.17, 15) is 9.18 Å². The van der Waals surface area contributed by atoms with Gasteiger partial charge in [0.05, 0.1) is 35.2 Å². The lowest BCUT2D eigenvalue weighted by Gasteiger charge is -2.34. The van der Waals surface area contributed by atoms with Crippen molar-refractivity contribution in [2.45, 2.75) is 13.5 Å². The number of benzene rings is 2. The Kier molecular flexibility index (Phi) is 6.87. The van der Waals surface area contributed by atoms with Crippen LogP contribution in [0.5, 0.6) is 0 Å². The number of hydrogen-bond acceptors (Lipinski definition) is 7. The monoisotopic (exact) mass is 539 g/mol. The lowest BCUT2D eigenvalue weighted by atomic mass is 10.0. The minimum Gasteiger partial charge on any atom is -0.379 e. The van der Waals surface area contributed by atoms with Crippen molar-refractivity contribution < 1.29 is 9.18 Å². The molecule has 1 aliphatic heterocycles. The Balaban J connectivity index is 1.30. The lowest BCUT2D eigenvalue weighted by Crippen LogP contribution is -2.44. The normalized spacial score (nSPS) is 14.0. The maximum absolute atomic E-state index is 14.6. The summed E-state index contributed by atoms with van der Waals surface area (Å²) in [6.07, 6.45) is 3.29. The molecule has 0 radical (unpaired) electrons. The summed E-state index contributed by atoms with van der Waals surface area (Å²) < 4.78 is 14.6. The first-order valence-corrected chi connectivity index (χ1v) is 13.2. The van der Waals surface area contributed by atoms with Crippen LogP contribution < -0.4 is 15.5 Å². The van der Waals surface area contributed by atoms with Gasteiger partial charge in [-0.1, -0.05) is 12.1 Å². The molecule has 1 aliphatic rings. The number of likely N-dealkylation sites (N-methyl/N-ethyl adjacent to an activating group) is 1. The number of hydrogen-bond donors (Lipinski definition) is 4. The Morgan fingerprint density at radius 3 is 2.70 bits per heavy atom. The van der Waals surface area contributed by atoms with E-state index >= 15 is 0 Å². The van der Waals surface area contributed by atoms with Crippen molar-refractivity contribution in [3.05, 3.63) is 83.6 Å². The molecular weight excluding hydrogens is 509 g/mol. The van der Waals surface area contributed by atoms with Crippen LogP contribution in [0.3, 0.4) is 0 Å². The molecule has 0 aliphatic carbocycles. The van der Waals surface area contributed by atoms with Gasteiger partial charge < -0.3 is 20.4 Å². The number of carbonyl (C=O) groups is 1. The molecule has 1 saturated heterocycles. The average Bonchev–Trinajstić information content (AvgIpc) is 3.62. The number of aryl methyl sites for hydroxylation is 1. The molecule has 0 unspecified atom stereocenters. The highest BCUT2D eigenvalue weighted by Gasteiger charge is 2.20. The number of fused-ring (bicyclic) bond motifs is 1. The van der Waals surface area contributed by atoms with Crippen molar-refractivity contribution in [1.29, 1.82) is 0 Å². The number of anilines is 3. The number of carbonyl (C=O) groups excluding carboxylic acids is 1. The number of halogens is 1. The van der Waals surface area contributed by atoms with Gasteiger partial charge in [-0.2, -0.15) is 10.2 Å². The fourth-order valence-corrected chi connectivity index (χ4v) is 4.99. The molecule has 0 saturated carbocycles. The van der Waals surface area contributed by atoms with Gasteiger partial charge in [-0.15, -0.1) is 0 Å². The van der Waals surface area contributed by atoms with Gasteiger partial charge in [0.1, 0.15) is 5.82 Å². The molecule has 5 aromatic rings. The van der Waals surface area contributed by atoms with Gasteiger partial charge in [0, 0.05) is 54.7 Å². The molecule has 3 aromatic heterocycles. The van der Waals surface area contributed by atoms with Crippen molar-refractivity contribution in [3.8, 4) is 11.3 Å². The highest BCUT2D eigenvalue weighted by molar-refractivity contribution is 6.11. The van der Waals surface area contributed by atoms with Crippen LogP contribution in [0.1, 0.15) is 21.6 Å². The van der Waals surface area contributed by atoms with Crippen LogP contribution in [-0.4, -0.2) is 69.4 Å². The minimum atomic E-state index is -0.352. The van der Waals surface area contributed by atoms with Gasteiger partial charge in [0.2, 0.25) is 0 Å². The van der Waals surface area contributed by atoms with Gasteiger partial charge in [0.25, 0.3) is 5.91 Å². The molecule has 10 nitrogen and oxygen atoms in total. The zero-order valence-electron chi connectivity index (χ0n) is 22.3. The lowest BCUT2D eigenvalue weighted by molar-refractivity contribution is 0.102. The van der Waals surface area contributed by atoms with Crippen molar-refractivity contribution in [2.75, 3.05) is 48.8 Å². The summed E-state index contributed by atoms with van der Waals surface area (Å²) in [6.45, 7) is 6.11. The van der Waals surface area contributed by atoms with Gasteiger partial charge in [-0.3, -0.25) is 20.0 Å². The first kappa shape index (κ1) is 25.5. The van der Waals surface area contributed by atoms with E-state index in [1.165, 1.54) is 6.07 Å². The van der Waals surface area contributed by atoms with Gasteiger partial charge in [-0.25, -0.2) is 4.39 Å². The predicted molar refractivity (Wildman–Crippen MR) is 154 cm³/mol. The van der Waals surface area contributed by atoms with Crippen LogP contribution in [0.15, 0.2) is 60.9 Å². The van der Waals surface area contributed by atoms with Crippen LogP contribution in [0, 0.1) is 12.7 Å². The smallest absolute Gasteiger partial charge is 0.258 e. The van der Waals surface area contributed by atoms with Crippen LogP contribution in [0.2, 0.25) is 0 Å². The SMILES string of the molecule is Cc1cccc(F)c1-c1cc2c(NC(=O)c3ccc(N4CCN(C)CC4)cc3NCc3ccn[nH]3)n[nH]c2cn1. The summed E-state index contributed by atoms with van der Waals surface area (Å²) in [5.41, 5.74) is 5.44. The number of aromatic nitrogens is 5. The first-order valence-electron chi connectivity index (χ1n) is 13.2. The fraction of sp³-hybridized carbons (Fsp3) is 0.241. The number of nitrogens with one attached hydrogen (secondary N) is 4. The molecule has 0 atom stereocenters. The topological polar surface area (TPSA) is 118 Å². The Bertz CT molecular complexity index is 1640. The number of amides is 1. The quantitative estimate of drug-likeness (QED) is 0.242. The molecule has 2 aromatic carbocycles. The van der Waals surface area contributed by atoms with Crippen molar-refractivity contribution in [3.63, 3.8) is 0 Å². The minimum absolute atomic E-state index is 0.314. The summed E-state index contributed by atoms with van der Waals surface area (Å²) in [6, 6.07) is 14.4. The third-order valence-corrected chi connectivity index (χ3v) is 7.30. The summed E-state index contributed by atoms with van der Waals surface area (Å²) in [5, 5.41) is 21.2. The molecule has 1 amide bonds. The number of H-pyrrole nitrogens is 2. The second-order valence-electron chi connectivity index (χ2n) is 10.0. The second-order valence-corrected chi connectivity index (χ2v) is 10.0. The number of rotatable bonds is 7. The number of aromatic amines is 2. The van der Waals surface area contributed by atoms with Crippen molar-refractivity contribution in [1.82, 2.24) is 30.3 Å². The van der Waals surface area contributed by atoms with E-state index in [1.807, 2.05) is 37.3 Å². The van der Waals surface area contributed by atoms with E-state index in [0.717, 1.165) is 43.1 Å². The van der Waals surface area contributed by atoms with Crippen LogP contribution >= 0.6 is 0 Å². The number of nitrogens with zero attached hydrogens (tertiary/aromatic N) is 5. The highest BCUT2D eigenvalue weighted by Crippen LogP contribution is 2.31. The van der Waals surface area contributed by atoms with Crippen LogP contribution in [0.25, 0.3) is 22.2 Å². The van der Waals surface area contributed by atoms with Crippen molar-refractivity contribution >= 4 is 34.0 Å². The number of pyridine rings is 1. The molecule has 1 fully saturated rings. The van der Waals surface area contributed by atoms with E-state index in [0.29, 0.717) is 45.8 Å². The Labute approximate surface area is 230 Å². The second kappa shape index (κ2) is 10.8. The third kappa shape index (κ3) is 5.10. The van der Waals surface area contributed by atoms with Gasteiger partial charge >= 0.3 is 0 Å². The zero-order valence-corrected chi connectivity index (χ0v) is 22.3. The standard InChI is InChI=1S/C29H30FN9O/c1-18-4-3-5-23(30)27(18)25-15-22-26(17-32-25)36-37-28(22)34-29(40)21-7-6-20(39-12-10-38(2)11-13-39)14-24(21)31-16-19-8-9-33-35-19/h3-9,14-15,17,31H,10-13,16H2,1-2H3,(H,33,35)(H2,34,36,37,40). The highest BCUT2D eigenvalue weighted by atomic mass is 19.1. The summed E-state index contributed by atoms with van der Waals surface area (Å²) >= 11 is 0. The molecular formula is C29H30FN9O. The molecule has 0 spiro atoms. The van der Waals surface area contributed by atoms with E-state index < -0.39 is 0 Å². The molecule has 4 heterocycles. The Hall–Kier alpha value is -4.77. The molecule has 6 rings (SSSR count). The first-order chi connectivity index (χ1) is 19.5. The van der Waals surface area contributed by atoms with Crippen molar-refractivity contribution in [2.24, 2.45) is 0 Å². The largest absolute Gasteiger partial charge is 0.379 e. The van der Waals surface area contributed by atoms with Gasteiger partial charge in [0.15, 0.2) is 5.82 Å². The molecule has 40 heavy (non-hydrogen) atoms. The van der Waals surface area contributed by atoms with Gasteiger partial charge in [-0.05, 0) is 55.9 Å². The maximum Gasteiger partial charge on any atom is 0.258 e. The van der Waals surface area contributed by atoms with E-state index in [-0.39, 0.29) is 11.7 Å². The van der Waals surface area contributed by atoms with Crippen LogP contribution in [-0.2, 0) is 6.54 Å². The fourth-order valence-electron chi connectivity index (χ4n) is 4.99. The number of piperazine rings is 1. The summed E-state index contributed by atoms with van der Waals surface area (Å²) in [5.74, 6) is -0.319. The Morgan fingerprint density at radius 2 is 1.93 bits per heavy atom. The molecule has 11 heteroatoms. The van der Waals surface area contributed by atoms with Crippen LogP contribution in [0.4, 0.5) is 21.6 Å².